The van der Waals surface area contributed by atoms with E-state index in [1.54, 1.807) is 24.3 Å². The van der Waals surface area contributed by atoms with E-state index in [2.05, 4.69) is 6.92 Å². The summed E-state index contributed by atoms with van der Waals surface area (Å²) in [5.41, 5.74) is -0.0655. The lowest BCUT2D eigenvalue weighted by Gasteiger charge is -2.39. The van der Waals surface area contributed by atoms with Crippen molar-refractivity contribution in [1.82, 2.24) is 9.80 Å². The molecule has 171 valence electrons. The molecule has 7 nitrogen and oxygen atoms in total. The van der Waals surface area contributed by atoms with Crippen LogP contribution in [0.2, 0.25) is 0 Å². The number of fused-ring (bicyclic) bond motifs is 1. The predicted octanol–water partition coefficient (Wildman–Crippen LogP) is 4.57. The van der Waals surface area contributed by atoms with Gasteiger partial charge in [0.05, 0.1) is 17.2 Å². The summed E-state index contributed by atoms with van der Waals surface area (Å²) in [6.07, 6.45) is 4.56. The van der Waals surface area contributed by atoms with Gasteiger partial charge in [-0.3, -0.25) is 19.3 Å². The second kappa shape index (κ2) is 8.01. The van der Waals surface area contributed by atoms with Crippen LogP contribution in [0.4, 0.5) is 4.79 Å². The van der Waals surface area contributed by atoms with Crippen LogP contribution in [0.15, 0.2) is 24.3 Å². The summed E-state index contributed by atoms with van der Waals surface area (Å²) >= 11 is 0. The average Bonchev–Trinajstić information content (AvgIpc) is 3.25. The van der Waals surface area contributed by atoms with Crippen LogP contribution in [0.3, 0.4) is 0 Å². The first-order valence-corrected chi connectivity index (χ1v) is 11.4. The van der Waals surface area contributed by atoms with E-state index in [0.29, 0.717) is 0 Å². The van der Waals surface area contributed by atoms with E-state index in [-0.39, 0.29) is 35.6 Å². The van der Waals surface area contributed by atoms with Crippen molar-refractivity contribution < 1.29 is 23.9 Å². The third kappa shape index (κ3) is 3.82. The van der Waals surface area contributed by atoms with Crippen LogP contribution in [0.5, 0.6) is 0 Å². The monoisotopic (exact) mass is 439 g/mol. The van der Waals surface area contributed by atoms with Crippen molar-refractivity contribution in [2.45, 2.75) is 72.3 Å². The number of hydrogen-bond acceptors (Lipinski definition) is 5. The lowest BCUT2D eigenvalue weighted by atomic mass is 9.71. The molecule has 0 unspecified atom stereocenters. The minimum atomic E-state index is -0.724. The van der Waals surface area contributed by atoms with Crippen LogP contribution in [0.25, 0.3) is 0 Å². The molecule has 1 saturated heterocycles. The number of ether oxygens (including phenoxy) is 1. The van der Waals surface area contributed by atoms with Crippen molar-refractivity contribution in [3.8, 4) is 0 Å². The predicted molar refractivity (Wildman–Crippen MR) is 117 cm³/mol. The zero-order valence-corrected chi connectivity index (χ0v) is 19.3. The maximum Gasteiger partial charge on any atom is 0.417 e. The van der Waals surface area contributed by atoms with Gasteiger partial charge in [-0.15, -0.1) is 0 Å². The van der Waals surface area contributed by atoms with E-state index in [1.807, 2.05) is 20.8 Å². The number of rotatable bonds is 4. The first-order chi connectivity index (χ1) is 15.0. The first-order valence-electron chi connectivity index (χ1n) is 11.4. The molecule has 1 aliphatic carbocycles. The Hall–Kier alpha value is -2.70. The van der Waals surface area contributed by atoms with Crippen molar-refractivity contribution >= 4 is 23.8 Å². The Morgan fingerprint density at radius 3 is 2.12 bits per heavy atom. The SMILES string of the molecule is CC1(C[C](C(=O)N2C(=O)OC[C@@H]2C(C)(C)C)N2C(=O)c3ccccc3C2=O)CCCCC1. The van der Waals surface area contributed by atoms with Crippen LogP contribution in [-0.2, 0) is 9.53 Å². The van der Waals surface area contributed by atoms with Crippen LogP contribution in [0, 0.1) is 16.9 Å². The molecule has 0 bridgehead atoms. The summed E-state index contributed by atoms with van der Waals surface area (Å²) in [6, 6.07) is 6.19. The molecule has 1 aromatic rings. The van der Waals surface area contributed by atoms with Gasteiger partial charge in [-0.1, -0.05) is 59.1 Å². The van der Waals surface area contributed by atoms with E-state index in [0.717, 1.165) is 41.9 Å². The molecule has 2 aliphatic heterocycles. The molecule has 0 N–H and O–H groups in total. The average molecular weight is 440 g/mol. The molecule has 2 fully saturated rings. The molecule has 2 heterocycles. The Balaban J connectivity index is 1.73. The fourth-order valence-electron chi connectivity index (χ4n) is 5.09. The summed E-state index contributed by atoms with van der Waals surface area (Å²) in [5, 5.41) is 0. The number of nitrogens with zero attached hydrogens (tertiary/aromatic N) is 2. The van der Waals surface area contributed by atoms with Gasteiger partial charge in [0.25, 0.3) is 17.7 Å². The highest BCUT2D eigenvalue weighted by molar-refractivity contribution is 6.24. The van der Waals surface area contributed by atoms with Crippen LogP contribution >= 0.6 is 0 Å². The van der Waals surface area contributed by atoms with Crippen molar-refractivity contribution in [3.05, 3.63) is 41.4 Å². The van der Waals surface area contributed by atoms with Gasteiger partial charge < -0.3 is 4.74 Å². The summed E-state index contributed by atoms with van der Waals surface area (Å²) in [5.74, 6) is -1.62. The molecule has 1 radical (unpaired) electrons. The Kier molecular flexibility index (Phi) is 5.63. The van der Waals surface area contributed by atoms with Crippen molar-refractivity contribution in [2.75, 3.05) is 6.61 Å². The van der Waals surface area contributed by atoms with Crippen molar-refractivity contribution in [1.29, 1.82) is 0 Å². The van der Waals surface area contributed by atoms with E-state index in [9.17, 15) is 19.2 Å². The van der Waals surface area contributed by atoms with Gasteiger partial charge in [-0.2, -0.15) is 0 Å². The molecule has 32 heavy (non-hydrogen) atoms. The highest BCUT2D eigenvalue weighted by Crippen LogP contribution is 2.45. The van der Waals surface area contributed by atoms with Gasteiger partial charge in [0.2, 0.25) is 0 Å². The minimum absolute atomic E-state index is 0.0775. The van der Waals surface area contributed by atoms with Crippen molar-refractivity contribution in [2.24, 2.45) is 10.8 Å². The summed E-state index contributed by atoms with van der Waals surface area (Å²) in [7, 11) is 0. The molecule has 0 spiro atoms. The quantitative estimate of drug-likeness (QED) is 0.642. The summed E-state index contributed by atoms with van der Waals surface area (Å²) < 4.78 is 5.23. The number of cyclic esters (lactones) is 1. The molecule has 1 saturated carbocycles. The third-order valence-electron chi connectivity index (χ3n) is 7.06. The van der Waals surface area contributed by atoms with E-state index in [4.69, 9.17) is 4.74 Å². The van der Waals surface area contributed by atoms with Crippen molar-refractivity contribution in [3.63, 3.8) is 0 Å². The maximum atomic E-state index is 13.9. The Morgan fingerprint density at radius 1 is 1.03 bits per heavy atom. The standard InChI is InChI=1S/C25H31N2O5/c1-24(2,3)19-15-32-23(31)27(19)22(30)18(14-25(4)12-8-5-9-13-25)26-20(28)16-10-6-7-11-17(16)21(26)29/h6-7,10-11,19H,5,8-9,12-15H2,1-4H3/t19-/m1/s1. The van der Waals surface area contributed by atoms with Gasteiger partial charge in [0.15, 0.2) is 6.04 Å². The number of hydrogen-bond donors (Lipinski definition) is 0. The lowest BCUT2D eigenvalue weighted by Crippen LogP contribution is -2.53. The fourth-order valence-corrected chi connectivity index (χ4v) is 5.09. The van der Waals surface area contributed by atoms with Crippen LogP contribution in [-0.4, -0.2) is 46.3 Å². The molecular formula is C25H31N2O5. The minimum Gasteiger partial charge on any atom is -0.447 e. The van der Waals surface area contributed by atoms with Gasteiger partial charge in [-0.05, 0) is 42.2 Å². The topological polar surface area (TPSA) is 84.0 Å². The zero-order valence-electron chi connectivity index (χ0n) is 19.3. The first kappa shape index (κ1) is 22.5. The Bertz CT molecular complexity index is 922. The smallest absolute Gasteiger partial charge is 0.417 e. The summed E-state index contributed by atoms with van der Waals surface area (Å²) in [6.45, 7) is 8.00. The maximum absolute atomic E-state index is 13.9. The van der Waals surface area contributed by atoms with Gasteiger partial charge in [0.1, 0.15) is 6.61 Å². The number of benzene rings is 1. The second-order valence-electron chi connectivity index (χ2n) is 10.6. The zero-order chi connectivity index (χ0) is 23.3. The fraction of sp³-hybridized carbons (Fsp3) is 0.560. The van der Waals surface area contributed by atoms with E-state index < -0.39 is 35.3 Å². The highest BCUT2D eigenvalue weighted by atomic mass is 16.6. The molecule has 4 amide bonds. The molecule has 1 aromatic carbocycles. The molecule has 3 aliphatic rings. The van der Waals surface area contributed by atoms with Gasteiger partial charge >= 0.3 is 6.09 Å². The van der Waals surface area contributed by atoms with Gasteiger partial charge in [-0.25, -0.2) is 9.69 Å². The Morgan fingerprint density at radius 2 is 1.59 bits per heavy atom. The van der Waals surface area contributed by atoms with E-state index >= 15 is 0 Å². The van der Waals surface area contributed by atoms with E-state index in [1.165, 1.54) is 0 Å². The molecular weight excluding hydrogens is 408 g/mol. The molecule has 7 heteroatoms. The normalized spacial score (nSPS) is 23.0. The molecule has 1 atom stereocenters. The lowest BCUT2D eigenvalue weighted by molar-refractivity contribution is -0.131. The number of carbonyl (C=O) groups excluding carboxylic acids is 4. The van der Waals surface area contributed by atoms with Crippen LogP contribution < -0.4 is 0 Å². The highest BCUT2D eigenvalue weighted by Gasteiger charge is 2.52. The summed E-state index contributed by atoms with van der Waals surface area (Å²) in [4.78, 5) is 55.2. The van der Waals surface area contributed by atoms with Gasteiger partial charge in [0, 0.05) is 0 Å². The number of amides is 4. The third-order valence-corrected chi connectivity index (χ3v) is 7.06. The van der Waals surface area contributed by atoms with Crippen LogP contribution in [0.1, 0.15) is 86.9 Å². The number of carbonyl (C=O) groups is 4. The molecule has 0 aromatic heterocycles. The Labute approximate surface area is 189 Å². The number of imide groups is 2. The second-order valence-corrected chi connectivity index (χ2v) is 10.6. The largest absolute Gasteiger partial charge is 0.447 e. The molecule has 4 rings (SSSR count).